The largest absolute Gasteiger partial charge is 0.365 e. The first-order chi connectivity index (χ1) is 8.43. The number of nitrogens with zero attached hydrogens (tertiary/aromatic N) is 2. The molecule has 0 amide bonds. The van der Waals surface area contributed by atoms with Gasteiger partial charge in [0.15, 0.2) is 0 Å². The van der Waals surface area contributed by atoms with Gasteiger partial charge < -0.3 is 4.90 Å². The number of hydrogen-bond donors (Lipinski definition) is 0. The van der Waals surface area contributed by atoms with Gasteiger partial charge in [-0.2, -0.15) is 0 Å². The van der Waals surface area contributed by atoms with Gasteiger partial charge in [0, 0.05) is 24.7 Å². The Hall–Kier alpha value is -1.91. The first kappa shape index (κ1) is 12.5. The second-order valence-corrected chi connectivity index (χ2v) is 5.46. The van der Waals surface area contributed by atoms with E-state index in [2.05, 4.69) is 13.8 Å². The molecule has 1 aliphatic heterocycles. The highest BCUT2D eigenvalue weighted by Crippen LogP contribution is 2.37. The first-order valence-electron chi connectivity index (χ1n) is 5.91. The molecule has 1 saturated heterocycles. The zero-order valence-corrected chi connectivity index (χ0v) is 10.5. The Morgan fingerprint density at radius 3 is 2.67 bits per heavy atom. The fraction of sp³-hybridized carbons (Fsp3) is 0.462. The van der Waals surface area contributed by atoms with Crippen LogP contribution in [0.25, 0.3) is 0 Å². The molecule has 0 unspecified atom stereocenters. The van der Waals surface area contributed by atoms with Crippen molar-refractivity contribution in [2.24, 2.45) is 5.41 Å². The Balaban J connectivity index is 2.39. The summed E-state index contributed by atoms with van der Waals surface area (Å²) in [5.41, 5.74) is 1.13. The van der Waals surface area contributed by atoms with Gasteiger partial charge in [-0.3, -0.25) is 14.9 Å². The lowest BCUT2D eigenvalue weighted by atomic mass is 9.93. The fourth-order valence-corrected chi connectivity index (χ4v) is 2.35. The molecule has 1 fully saturated rings. The van der Waals surface area contributed by atoms with E-state index in [9.17, 15) is 14.9 Å². The number of aldehydes is 1. The quantitative estimate of drug-likeness (QED) is 0.468. The van der Waals surface area contributed by atoms with E-state index in [1.807, 2.05) is 4.90 Å². The molecule has 0 aliphatic carbocycles. The van der Waals surface area contributed by atoms with Crippen LogP contribution in [0.1, 0.15) is 30.6 Å². The maximum Gasteiger partial charge on any atom is 0.293 e. The molecule has 2 rings (SSSR count). The van der Waals surface area contributed by atoms with E-state index in [0.717, 1.165) is 19.5 Å². The van der Waals surface area contributed by atoms with Gasteiger partial charge >= 0.3 is 0 Å². The first-order valence-corrected chi connectivity index (χ1v) is 5.91. The normalized spacial score (nSPS) is 17.8. The smallest absolute Gasteiger partial charge is 0.293 e. The summed E-state index contributed by atoms with van der Waals surface area (Å²) in [5, 5.41) is 11.1. The van der Waals surface area contributed by atoms with Crippen molar-refractivity contribution in [3.05, 3.63) is 33.9 Å². The van der Waals surface area contributed by atoms with Crippen molar-refractivity contribution in [3.63, 3.8) is 0 Å². The Kier molecular flexibility index (Phi) is 3.07. The monoisotopic (exact) mass is 248 g/mol. The molecule has 0 spiro atoms. The summed E-state index contributed by atoms with van der Waals surface area (Å²) in [6.45, 7) is 5.92. The zero-order valence-electron chi connectivity index (χ0n) is 10.5. The molecule has 18 heavy (non-hydrogen) atoms. The lowest BCUT2D eigenvalue weighted by Crippen LogP contribution is -2.23. The molecule has 96 valence electrons. The summed E-state index contributed by atoms with van der Waals surface area (Å²) >= 11 is 0. The highest BCUT2D eigenvalue weighted by Gasteiger charge is 2.32. The molecule has 0 radical (unpaired) electrons. The van der Waals surface area contributed by atoms with Gasteiger partial charge in [0.05, 0.1) is 4.92 Å². The summed E-state index contributed by atoms with van der Waals surface area (Å²) in [5.74, 6) is 0. The van der Waals surface area contributed by atoms with Crippen LogP contribution in [0, 0.1) is 15.5 Å². The highest BCUT2D eigenvalue weighted by molar-refractivity contribution is 5.79. The number of carbonyl (C=O) groups is 1. The van der Waals surface area contributed by atoms with Crippen molar-refractivity contribution in [2.75, 3.05) is 18.0 Å². The number of carbonyl (C=O) groups excluding carboxylic acids is 1. The van der Waals surface area contributed by atoms with E-state index >= 15 is 0 Å². The van der Waals surface area contributed by atoms with Crippen LogP contribution >= 0.6 is 0 Å². The topological polar surface area (TPSA) is 63.5 Å². The summed E-state index contributed by atoms with van der Waals surface area (Å²) in [4.78, 5) is 23.3. The van der Waals surface area contributed by atoms with Crippen molar-refractivity contribution in [2.45, 2.75) is 20.3 Å². The van der Waals surface area contributed by atoms with E-state index in [1.54, 1.807) is 12.1 Å². The van der Waals surface area contributed by atoms with Crippen LogP contribution in [0.4, 0.5) is 11.4 Å². The van der Waals surface area contributed by atoms with Crippen molar-refractivity contribution in [1.29, 1.82) is 0 Å². The molecule has 0 atom stereocenters. The van der Waals surface area contributed by atoms with Crippen LogP contribution in [0.15, 0.2) is 18.2 Å². The molecule has 1 heterocycles. The van der Waals surface area contributed by atoms with Gasteiger partial charge in [-0.15, -0.1) is 0 Å². The number of nitro benzene ring substituents is 1. The molecule has 0 aromatic heterocycles. The zero-order chi connectivity index (χ0) is 13.3. The third-order valence-corrected chi connectivity index (χ3v) is 3.35. The van der Waals surface area contributed by atoms with E-state index in [0.29, 0.717) is 17.5 Å². The maximum absolute atomic E-state index is 11.1. The third kappa shape index (κ3) is 2.34. The van der Waals surface area contributed by atoms with Crippen molar-refractivity contribution >= 4 is 17.7 Å². The standard InChI is InChI=1S/C13H16N2O3/c1-13(2)5-6-14(9-13)11-4-3-10(8-16)7-12(11)15(17)18/h3-4,7-8H,5-6,9H2,1-2H3. The predicted molar refractivity (Wildman–Crippen MR) is 69.1 cm³/mol. The number of benzene rings is 1. The van der Waals surface area contributed by atoms with E-state index in [1.165, 1.54) is 6.07 Å². The highest BCUT2D eigenvalue weighted by atomic mass is 16.6. The molecule has 0 bridgehead atoms. The minimum Gasteiger partial charge on any atom is -0.365 e. The van der Waals surface area contributed by atoms with Gasteiger partial charge in [-0.1, -0.05) is 13.8 Å². The summed E-state index contributed by atoms with van der Waals surface area (Å²) in [7, 11) is 0. The van der Waals surface area contributed by atoms with E-state index < -0.39 is 4.92 Å². The number of rotatable bonds is 3. The molecule has 5 nitrogen and oxygen atoms in total. The van der Waals surface area contributed by atoms with Crippen LogP contribution in [-0.4, -0.2) is 24.3 Å². The van der Waals surface area contributed by atoms with Crippen LogP contribution < -0.4 is 4.90 Å². The Labute approximate surface area is 106 Å². The maximum atomic E-state index is 11.1. The number of anilines is 1. The molecule has 1 aromatic carbocycles. The fourth-order valence-electron chi connectivity index (χ4n) is 2.35. The Morgan fingerprint density at radius 1 is 1.44 bits per heavy atom. The molecule has 1 aromatic rings. The molecular formula is C13H16N2O3. The van der Waals surface area contributed by atoms with Gasteiger partial charge in [0.25, 0.3) is 5.69 Å². The molecule has 0 saturated carbocycles. The predicted octanol–water partition coefficient (Wildman–Crippen LogP) is 2.64. The van der Waals surface area contributed by atoms with Crippen LogP contribution in [0.5, 0.6) is 0 Å². The van der Waals surface area contributed by atoms with Crippen molar-refractivity contribution in [3.8, 4) is 0 Å². The SMILES string of the molecule is CC1(C)CCN(c2ccc(C=O)cc2[N+](=O)[O-])C1. The molecule has 1 aliphatic rings. The van der Waals surface area contributed by atoms with Gasteiger partial charge in [0.1, 0.15) is 12.0 Å². The molecule has 5 heteroatoms. The lowest BCUT2D eigenvalue weighted by molar-refractivity contribution is -0.384. The Morgan fingerprint density at radius 2 is 2.17 bits per heavy atom. The second kappa shape index (κ2) is 4.40. The average Bonchev–Trinajstić information content (AvgIpc) is 2.68. The summed E-state index contributed by atoms with van der Waals surface area (Å²) < 4.78 is 0. The van der Waals surface area contributed by atoms with E-state index in [-0.39, 0.29) is 11.1 Å². The van der Waals surface area contributed by atoms with Crippen molar-refractivity contribution < 1.29 is 9.72 Å². The lowest BCUT2D eigenvalue weighted by Gasteiger charge is -2.21. The van der Waals surface area contributed by atoms with Gasteiger partial charge in [0.2, 0.25) is 0 Å². The average molecular weight is 248 g/mol. The van der Waals surface area contributed by atoms with E-state index in [4.69, 9.17) is 0 Å². The number of nitro groups is 1. The second-order valence-electron chi connectivity index (χ2n) is 5.46. The minimum absolute atomic E-state index is 0.0114. The number of hydrogen-bond acceptors (Lipinski definition) is 4. The van der Waals surface area contributed by atoms with Crippen LogP contribution in [0.2, 0.25) is 0 Å². The van der Waals surface area contributed by atoms with Gasteiger partial charge in [-0.05, 0) is 24.0 Å². The van der Waals surface area contributed by atoms with Crippen LogP contribution in [-0.2, 0) is 0 Å². The minimum atomic E-state index is -0.423. The summed E-state index contributed by atoms with van der Waals surface area (Å²) in [6, 6.07) is 4.64. The third-order valence-electron chi connectivity index (χ3n) is 3.35. The molecular weight excluding hydrogens is 232 g/mol. The molecule has 0 N–H and O–H groups in total. The van der Waals surface area contributed by atoms with Gasteiger partial charge in [-0.25, -0.2) is 0 Å². The Bertz CT molecular complexity index is 497. The van der Waals surface area contributed by atoms with Crippen molar-refractivity contribution in [1.82, 2.24) is 0 Å². The summed E-state index contributed by atoms with van der Waals surface area (Å²) in [6.07, 6.45) is 1.64. The van der Waals surface area contributed by atoms with Crippen LogP contribution in [0.3, 0.4) is 0 Å².